The van der Waals surface area contributed by atoms with Crippen molar-refractivity contribution in [3.05, 3.63) is 18.3 Å². The molecule has 2 N–H and O–H groups in total. The van der Waals surface area contributed by atoms with Crippen molar-refractivity contribution in [2.45, 2.75) is 58.0 Å². The molecule has 21 heavy (non-hydrogen) atoms. The second-order valence-corrected chi connectivity index (χ2v) is 5.53. The molecule has 2 rings (SSSR count). The van der Waals surface area contributed by atoms with Gasteiger partial charge in [0.1, 0.15) is 6.04 Å². The van der Waals surface area contributed by atoms with E-state index < -0.39 is 0 Å². The number of anilines is 1. The molecule has 1 aliphatic carbocycles. The maximum absolute atomic E-state index is 12.2. The van der Waals surface area contributed by atoms with E-state index in [2.05, 4.69) is 15.6 Å². The number of nitrogens with zero attached hydrogens (tertiary/aromatic N) is 1. The quantitative estimate of drug-likeness (QED) is 0.846. The summed E-state index contributed by atoms with van der Waals surface area (Å²) >= 11 is 0. The van der Waals surface area contributed by atoms with Crippen LogP contribution in [0.25, 0.3) is 0 Å². The first-order valence-electron chi connectivity index (χ1n) is 7.85. The fraction of sp³-hybridized carbons (Fsp3) is 0.625. The van der Waals surface area contributed by atoms with E-state index in [4.69, 9.17) is 4.74 Å². The van der Waals surface area contributed by atoms with Gasteiger partial charge in [-0.2, -0.15) is 0 Å². The Hall–Kier alpha value is -1.78. The fourth-order valence-electron chi connectivity index (χ4n) is 2.59. The average molecular weight is 291 g/mol. The number of pyridine rings is 1. The number of carbonyl (C=O) groups is 1. The van der Waals surface area contributed by atoms with Crippen LogP contribution in [0, 0.1) is 0 Å². The minimum atomic E-state index is -0.272. The third-order valence-electron chi connectivity index (χ3n) is 3.76. The average Bonchev–Trinajstić information content (AvgIpc) is 2.50. The van der Waals surface area contributed by atoms with Gasteiger partial charge in [0.25, 0.3) is 0 Å². The van der Waals surface area contributed by atoms with Crippen molar-refractivity contribution in [1.82, 2.24) is 10.3 Å². The van der Waals surface area contributed by atoms with Gasteiger partial charge < -0.3 is 15.4 Å². The Morgan fingerprint density at radius 3 is 2.76 bits per heavy atom. The molecule has 1 aromatic heterocycles. The Kier molecular flexibility index (Phi) is 5.84. The number of amides is 1. The predicted octanol–water partition coefficient (Wildman–Crippen LogP) is 2.73. The lowest BCUT2D eigenvalue weighted by Gasteiger charge is -2.25. The number of nitrogens with one attached hydrogen (secondary N) is 2. The zero-order chi connectivity index (χ0) is 15.1. The summed E-state index contributed by atoms with van der Waals surface area (Å²) in [6, 6.07) is 3.75. The van der Waals surface area contributed by atoms with Crippen molar-refractivity contribution in [2.75, 3.05) is 11.9 Å². The van der Waals surface area contributed by atoms with Crippen molar-refractivity contribution in [2.24, 2.45) is 0 Å². The molecule has 5 nitrogen and oxygen atoms in total. The van der Waals surface area contributed by atoms with E-state index in [0.29, 0.717) is 18.5 Å². The van der Waals surface area contributed by atoms with Gasteiger partial charge in [-0.15, -0.1) is 0 Å². The normalized spacial score (nSPS) is 17.0. The summed E-state index contributed by atoms with van der Waals surface area (Å²) in [4.78, 5) is 16.3. The molecule has 1 fully saturated rings. The molecule has 1 saturated carbocycles. The molecule has 0 spiro atoms. The molecule has 0 saturated heterocycles. The van der Waals surface area contributed by atoms with Crippen molar-refractivity contribution in [1.29, 1.82) is 0 Å². The Bertz CT molecular complexity index is 441. The van der Waals surface area contributed by atoms with Crippen LogP contribution < -0.4 is 15.4 Å². The van der Waals surface area contributed by atoms with Gasteiger partial charge in [-0.25, -0.2) is 4.98 Å². The maximum atomic E-state index is 12.2. The lowest BCUT2D eigenvalue weighted by atomic mass is 9.95. The lowest BCUT2D eigenvalue weighted by Crippen LogP contribution is -2.44. The van der Waals surface area contributed by atoms with Crippen molar-refractivity contribution < 1.29 is 9.53 Å². The van der Waals surface area contributed by atoms with Crippen LogP contribution in [0.2, 0.25) is 0 Å². The SMILES string of the molecule is CCOc1ccc(NC(C)C(=O)NC2CCCCC2)cn1. The molecule has 5 heteroatoms. The summed E-state index contributed by atoms with van der Waals surface area (Å²) in [5, 5.41) is 6.29. The lowest BCUT2D eigenvalue weighted by molar-refractivity contribution is -0.122. The number of hydrogen-bond acceptors (Lipinski definition) is 4. The van der Waals surface area contributed by atoms with Crippen LogP contribution in [0.4, 0.5) is 5.69 Å². The molecule has 1 amide bonds. The van der Waals surface area contributed by atoms with Crippen LogP contribution in [0.1, 0.15) is 46.0 Å². The Labute approximate surface area is 126 Å². The van der Waals surface area contributed by atoms with Gasteiger partial charge >= 0.3 is 0 Å². The number of ether oxygens (including phenoxy) is 1. The third-order valence-corrected chi connectivity index (χ3v) is 3.76. The van der Waals surface area contributed by atoms with E-state index >= 15 is 0 Å². The molecule has 1 atom stereocenters. The third kappa shape index (κ3) is 4.92. The van der Waals surface area contributed by atoms with Crippen molar-refractivity contribution >= 4 is 11.6 Å². The van der Waals surface area contributed by atoms with Crippen LogP contribution >= 0.6 is 0 Å². The molecule has 0 aromatic carbocycles. The maximum Gasteiger partial charge on any atom is 0.242 e. The first-order valence-corrected chi connectivity index (χ1v) is 7.85. The van der Waals surface area contributed by atoms with Gasteiger partial charge in [-0.05, 0) is 32.8 Å². The first kappa shape index (κ1) is 15.6. The number of rotatable bonds is 6. The molecule has 1 unspecified atom stereocenters. The molecule has 0 aliphatic heterocycles. The minimum absolute atomic E-state index is 0.0517. The van der Waals surface area contributed by atoms with E-state index in [1.807, 2.05) is 19.9 Å². The molecular weight excluding hydrogens is 266 g/mol. The molecule has 116 valence electrons. The zero-order valence-electron chi connectivity index (χ0n) is 12.9. The molecule has 1 aromatic rings. The van der Waals surface area contributed by atoms with E-state index in [0.717, 1.165) is 18.5 Å². The van der Waals surface area contributed by atoms with Crippen molar-refractivity contribution in [3.8, 4) is 5.88 Å². The topological polar surface area (TPSA) is 63.2 Å². The highest BCUT2D eigenvalue weighted by Gasteiger charge is 2.19. The Morgan fingerprint density at radius 2 is 2.14 bits per heavy atom. The van der Waals surface area contributed by atoms with Gasteiger partial charge in [0.2, 0.25) is 11.8 Å². The second-order valence-electron chi connectivity index (χ2n) is 5.53. The molecule has 1 heterocycles. The number of carbonyl (C=O) groups excluding carboxylic acids is 1. The number of hydrogen-bond donors (Lipinski definition) is 2. The predicted molar refractivity (Wildman–Crippen MR) is 83.5 cm³/mol. The summed E-state index contributed by atoms with van der Waals surface area (Å²) in [5.74, 6) is 0.651. The van der Waals surface area contributed by atoms with Gasteiger partial charge in [0.05, 0.1) is 18.5 Å². The van der Waals surface area contributed by atoms with Crippen molar-refractivity contribution in [3.63, 3.8) is 0 Å². The van der Waals surface area contributed by atoms with Gasteiger partial charge in [-0.3, -0.25) is 4.79 Å². The van der Waals surface area contributed by atoms with Gasteiger partial charge in [0, 0.05) is 12.1 Å². The summed E-state index contributed by atoms with van der Waals surface area (Å²) in [7, 11) is 0. The minimum Gasteiger partial charge on any atom is -0.478 e. The molecular formula is C16H25N3O2. The van der Waals surface area contributed by atoms with Crippen LogP contribution in [0.5, 0.6) is 5.88 Å². The van der Waals surface area contributed by atoms with Crippen LogP contribution in [-0.2, 0) is 4.79 Å². The summed E-state index contributed by atoms with van der Waals surface area (Å²) in [5.41, 5.74) is 0.824. The summed E-state index contributed by atoms with van der Waals surface area (Å²) in [6.07, 6.45) is 7.62. The summed E-state index contributed by atoms with van der Waals surface area (Å²) < 4.78 is 5.30. The van der Waals surface area contributed by atoms with E-state index in [-0.39, 0.29) is 11.9 Å². The van der Waals surface area contributed by atoms with Gasteiger partial charge in [-0.1, -0.05) is 19.3 Å². The fourth-order valence-corrected chi connectivity index (χ4v) is 2.59. The van der Waals surface area contributed by atoms with Crippen LogP contribution in [0.3, 0.4) is 0 Å². The van der Waals surface area contributed by atoms with Crippen LogP contribution in [-0.4, -0.2) is 29.6 Å². The Morgan fingerprint density at radius 1 is 1.38 bits per heavy atom. The Balaban J connectivity index is 1.81. The van der Waals surface area contributed by atoms with Crippen LogP contribution in [0.15, 0.2) is 18.3 Å². The standard InChI is InChI=1S/C16H25N3O2/c1-3-21-15-10-9-14(11-17-15)18-12(2)16(20)19-13-7-5-4-6-8-13/h9-13,18H,3-8H2,1-2H3,(H,19,20). The smallest absolute Gasteiger partial charge is 0.242 e. The van der Waals surface area contributed by atoms with E-state index in [9.17, 15) is 4.79 Å². The highest BCUT2D eigenvalue weighted by molar-refractivity contribution is 5.84. The monoisotopic (exact) mass is 291 g/mol. The zero-order valence-corrected chi connectivity index (χ0v) is 12.9. The second kappa shape index (κ2) is 7.86. The van der Waals surface area contributed by atoms with Gasteiger partial charge in [0.15, 0.2) is 0 Å². The number of aromatic nitrogens is 1. The first-order chi connectivity index (χ1) is 10.2. The largest absolute Gasteiger partial charge is 0.478 e. The molecule has 0 bridgehead atoms. The summed E-state index contributed by atoms with van der Waals surface area (Å²) in [6.45, 7) is 4.39. The highest BCUT2D eigenvalue weighted by Crippen LogP contribution is 2.18. The molecule has 1 aliphatic rings. The molecule has 0 radical (unpaired) electrons. The highest BCUT2D eigenvalue weighted by atomic mass is 16.5. The van der Waals surface area contributed by atoms with E-state index in [1.54, 1.807) is 12.3 Å². The van der Waals surface area contributed by atoms with E-state index in [1.165, 1.54) is 19.3 Å².